The number of ether oxygens (including phenoxy) is 1. The van der Waals surface area contributed by atoms with Crippen LogP contribution >= 0.6 is 0 Å². The number of halogens is 1. The molecule has 1 atom stereocenters. The highest BCUT2D eigenvalue weighted by Crippen LogP contribution is 2.28. The van der Waals surface area contributed by atoms with Gasteiger partial charge in [-0.25, -0.2) is 4.39 Å². The first-order valence-electron chi connectivity index (χ1n) is 8.86. The second kappa shape index (κ2) is 11.7. The number of carbonyl (C=O) groups is 1. The van der Waals surface area contributed by atoms with Gasteiger partial charge in [0.15, 0.2) is 0 Å². The number of carbonyl (C=O) groups excluding carboxylic acids is 1. The molecule has 24 heavy (non-hydrogen) atoms. The van der Waals surface area contributed by atoms with Crippen molar-refractivity contribution in [2.24, 2.45) is 0 Å². The summed E-state index contributed by atoms with van der Waals surface area (Å²) >= 11 is 0. The number of benzene rings is 1. The molecule has 1 aromatic rings. The first kappa shape index (κ1) is 22.2. The minimum atomic E-state index is -0.261. The lowest BCUT2D eigenvalue weighted by molar-refractivity contribution is -0.131. The Labute approximate surface area is 146 Å². The average Bonchev–Trinajstić information content (AvgIpc) is 2.64. The lowest BCUT2D eigenvalue weighted by atomic mass is 9.98. The van der Waals surface area contributed by atoms with E-state index in [9.17, 15) is 9.18 Å². The van der Waals surface area contributed by atoms with Crippen molar-refractivity contribution in [2.45, 2.75) is 67.0 Å². The van der Waals surface area contributed by atoms with Gasteiger partial charge in [0.1, 0.15) is 11.6 Å². The van der Waals surface area contributed by atoms with E-state index in [1.54, 1.807) is 26.2 Å². The second-order valence-corrected chi connectivity index (χ2v) is 5.08. The third-order valence-corrected chi connectivity index (χ3v) is 3.85. The van der Waals surface area contributed by atoms with Crippen molar-refractivity contribution >= 4 is 5.91 Å². The Morgan fingerprint density at radius 2 is 1.71 bits per heavy atom. The Kier molecular flexibility index (Phi) is 10.8. The quantitative estimate of drug-likeness (QED) is 0.745. The largest absolute Gasteiger partial charge is 0.501 e. The molecule has 1 aromatic carbocycles. The molecule has 2 rings (SSSR count). The van der Waals surface area contributed by atoms with Gasteiger partial charge in [0.25, 0.3) is 5.91 Å². The van der Waals surface area contributed by atoms with Crippen LogP contribution in [-0.4, -0.2) is 24.0 Å². The van der Waals surface area contributed by atoms with Crippen LogP contribution in [0.2, 0.25) is 0 Å². The Bertz CT molecular complexity index is 523. The number of nitrogens with zero attached hydrogens (tertiary/aromatic N) is 1. The molecule has 0 saturated heterocycles. The molecule has 0 saturated carbocycles. The Balaban J connectivity index is 0.00000123. The van der Waals surface area contributed by atoms with Gasteiger partial charge in [-0.1, -0.05) is 46.8 Å². The normalized spacial score (nSPS) is 16.8. The molecular weight excluding hydrogens is 305 g/mol. The van der Waals surface area contributed by atoms with Crippen LogP contribution in [0.15, 0.2) is 35.6 Å². The lowest BCUT2D eigenvalue weighted by Crippen LogP contribution is -2.43. The molecule has 0 fully saturated rings. The van der Waals surface area contributed by atoms with Crippen molar-refractivity contribution in [3.8, 4) is 0 Å². The summed E-state index contributed by atoms with van der Waals surface area (Å²) in [7, 11) is 1.61. The van der Waals surface area contributed by atoms with Crippen LogP contribution in [0.3, 0.4) is 0 Å². The predicted octanol–water partition coefficient (Wildman–Crippen LogP) is 5.31. The van der Waals surface area contributed by atoms with Crippen LogP contribution < -0.4 is 0 Å². The van der Waals surface area contributed by atoms with E-state index in [1.165, 1.54) is 12.1 Å². The second-order valence-electron chi connectivity index (χ2n) is 5.08. The van der Waals surface area contributed by atoms with E-state index in [0.29, 0.717) is 12.1 Å². The molecule has 4 heteroatoms. The van der Waals surface area contributed by atoms with Gasteiger partial charge in [0, 0.05) is 19.0 Å². The van der Waals surface area contributed by atoms with E-state index in [2.05, 4.69) is 6.92 Å². The van der Waals surface area contributed by atoms with Crippen LogP contribution in [0.5, 0.6) is 0 Å². The molecule has 1 aliphatic heterocycles. The van der Waals surface area contributed by atoms with Gasteiger partial charge in [0.05, 0.1) is 12.7 Å². The smallest absolute Gasteiger partial charge is 0.253 e. The van der Waals surface area contributed by atoms with Crippen molar-refractivity contribution in [3.05, 3.63) is 47.0 Å². The summed E-state index contributed by atoms with van der Waals surface area (Å²) in [5, 5.41) is 0. The first-order chi connectivity index (χ1) is 11.6. The molecular formula is C20H32FNO2. The van der Waals surface area contributed by atoms with Gasteiger partial charge in [-0.15, -0.1) is 0 Å². The maximum atomic E-state index is 12.9. The number of methoxy groups -OCH3 is 1. The van der Waals surface area contributed by atoms with Gasteiger partial charge in [-0.3, -0.25) is 4.79 Å². The Hall–Kier alpha value is -1.84. The van der Waals surface area contributed by atoms with Crippen molar-refractivity contribution < 1.29 is 13.9 Å². The molecule has 1 unspecified atom stereocenters. The van der Waals surface area contributed by atoms with Gasteiger partial charge >= 0.3 is 0 Å². The summed E-state index contributed by atoms with van der Waals surface area (Å²) in [6.07, 6.45) is 1.61. The van der Waals surface area contributed by atoms with Crippen molar-refractivity contribution in [3.63, 3.8) is 0 Å². The first-order valence-corrected chi connectivity index (χ1v) is 8.86. The molecule has 0 aliphatic carbocycles. The third kappa shape index (κ3) is 5.66. The van der Waals surface area contributed by atoms with E-state index < -0.39 is 0 Å². The van der Waals surface area contributed by atoms with Crippen molar-refractivity contribution in [1.29, 1.82) is 0 Å². The van der Waals surface area contributed by atoms with Crippen LogP contribution in [-0.2, 0) is 16.1 Å². The monoisotopic (exact) mass is 337 g/mol. The summed E-state index contributed by atoms with van der Waals surface area (Å²) in [5.74, 6) is 0.519. The summed E-state index contributed by atoms with van der Waals surface area (Å²) in [5.41, 5.74) is 1.60. The molecule has 0 bridgehead atoms. The molecule has 0 N–H and O–H groups in total. The highest BCUT2D eigenvalue weighted by molar-refractivity contribution is 5.94. The number of hydrogen-bond donors (Lipinski definition) is 0. The van der Waals surface area contributed by atoms with Gasteiger partial charge < -0.3 is 9.64 Å². The van der Waals surface area contributed by atoms with Crippen LogP contribution in [0.4, 0.5) is 4.39 Å². The van der Waals surface area contributed by atoms with Crippen molar-refractivity contribution in [2.75, 3.05) is 7.11 Å². The third-order valence-electron chi connectivity index (χ3n) is 3.85. The summed E-state index contributed by atoms with van der Waals surface area (Å²) in [6.45, 7) is 12.4. The van der Waals surface area contributed by atoms with Gasteiger partial charge in [-0.2, -0.15) is 0 Å². The van der Waals surface area contributed by atoms with Crippen LogP contribution in [0.25, 0.3) is 0 Å². The summed E-state index contributed by atoms with van der Waals surface area (Å²) in [4.78, 5) is 14.3. The zero-order valence-electron chi connectivity index (χ0n) is 16.1. The van der Waals surface area contributed by atoms with Crippen molar-refractivity contribution in [1.82, 2.24) is 4.90 Å². The number of amides is 1. The molecule has 136 valence electrons. The average molecular weight is 337 g/mol. The van der Waals surface area contributed by atoms with E-state index in [-0.39, 0.29) is 17.8 Å². The van der Waals surface area contributed by atoms with E-state index >= 15 is 0 Å². The maximum absolute atomic E-state index is 12.9. The number of hydrogen-bond acceptors (Lipinski definition) is 2. The molecule has 0 radical (unpaired) electrons. The fourth-order valence-corrected chi connectivity index (χ4v) is 2.57. The Morgan fingerprint density at radius 1 is 1.17 bits per heavy atom. The van der Waals surface area contributed by atoms with E-state index in [1.807, 2.05) is 32.6 Å². The topological polar surface area (TPSA) is 29.5 Å². The zero-order valence-corrected chi connectivity index (χ0v) is 16.1. The Morgan fingerprint density at radius 3 is 2.17 bits per heavy atom. The molecule has 3 nitrogen and oxygen atoms in total. The lowest BCUT2D eigenvalue weighted by Gasteiger charge is -2.36. The summed E-state index contributed by atoms with van der Waals surface area (Å²) < 4.78 is 18.2. The highest BCUT2D eigenvalue weighted by Gasteiger charge is 2.31. The minimum Gasteiger partial charge on any atom is -0.501 e. The molecule has 0 aromatic heterocycles. The molecule has 0 spiro atoms. The molecule has 1 aliphatic rings. The predicted molar refractivity (Wildman–Crippen MR) is 98.1 cm³/mol. The SMILES string of the molecule is CC.CC.CCC1CC(OC)=C(C)C(=O)N1Cc1ccc(F)cc1. The van der Waals surface area contributed by atoms with Gasteiger partial charge in [-0.05, 0) is 31.0 Å². The fraction of sp³-hybridized carbons (Fsp3) is 0.550. The fourth-order valence-electron chi connectivity index (χ4n) is 2.57. The van der Waals surface area contributed by atoms with Gasteiger partial charge in [0.2, 0.25) is 0 Å². The van der Waals surface area contributed by atoms with E-state index in [0.717, 1.165) is 24.2 Å². The minimum absolute atomic E-state index is 0.00396. The maximum Gasteiger partial charge on any atom is 0.253 e. The highest BCUT2D eigenvalue weighted by atomic mass is 19.1. The van der Waals surface area contributed by atoms with Crippen LogP contribution in [0.1, 0.15) is 59.9 Å². The summed E-state index contributed by atoms with van der Waals surface area (Å²) in [6, 6.07) is 6.42. The van der Waals surface area contributed by atoms with Crippen LogP contribution in [0, 0.1) is 5.82 Å². The zero-order chi connectivity index (χ0) is 18.7. The molecule has 1 amide bonds. The number of rotatable bonds is 4. The van der Waals surface area contributed by atoms with E-state index in [4.69, 9.17) is 4.74 Å². The molecule has 1 heterocycles. The standard InChI is InChI=1S/C16H20FNO2.2C2H6/c1-4-14-9-15(20-3)11(2)16(19)18(14)10-12-5-7-13(17)8-6-12;2*1-2/h5-8,14H,4,9-10H2,1-3H3;2*1-2H3.